The molecular formula is C12H18N4O3. The molecule has 1 rings (SSSR count). The molecule has 1 aromatic rings. The van der Waals surface area contributed by atoms with E-state index in [0.717, 1.165) is 0 Å². The molecule has 7 heteroatoms. The Kier molecular flexibility index (Phi) is 5.46. The number of amides is 2. The van der Waals surface area contributed by atoms with Crippen molar-refractivity contribution in [3.05, 3.63) is 24.3 Å². The van der Waals surface area contributed by atoms with Gasteiger partial charge >= 0.3 is 6.03 Å². The number of methoxy groups -OCH3 is 1. The minimum absolute atomic E-state index is 0.0738. The minimum Gasteiger partial charge on any atom is -0.497 e. The van der Waals surface area contributed by atoms with Gasteiger partial charge in [0.2, 0.25) is 0 Å². The lowest BCUT2D eigenvalue weighted by atomic mass is 10.1. The number of rotatable bonds is 5. The van der Waals surface area contributed by atoms with Gasteiger partial charge in [0.05, 0.1) is 7.11 Å². The van der Waals surface area contributed by atoms with Crippen LogP contribution in [0.5, 0.6) is 5.75 Å². The number of carbonyl (C=O) groups is 1. The number of nitrogens with one attached hydrogen (secondary N) is 2. The first-order valence-corrected chi connectivity index (χ1v) is 5.73. The van der Waals surface area contributed by atoms with Crippen LogP contribution >= 0.6 is 0 Å². The molecule has 0 aliphatic rings. The molecule has 2 amide bonds. The van der Waals surface area contributed by atoms with Crippen LogP contribution in [0.1, 0.15) is 6.92 Å². The molecule has 5 N–H and O–H groups in total. The number of carbonyl (C=O) groups excluding carboxylic acids is 1. The maximum absolute atomic E-state index is 11.6. The van der Waals surface area contributed by atoms with E-state index in [9.17, 15) is 4.79 Å². The zero-order valence-corrected chi connectivity index (χ0v) is 10.9. The van der Waals surface area contributed by atoms with E-state index in [-0.39, 0.29) is 24.3 Å². The Morgan fingerprint density at radius 1 is 1.47 bits per heavy atom. The highest BCUT2D eigenvalue weighted by atomic mass is 16.5. The molecule has 1 atom stereocenters. The lowest BCUT2D eigenvalue weighted by molar-refractivity contribution is 0.251. The van der Waals surface area contributed by atoms with Crippen molar-refractivity contribution >= 4 is 17.6 Å². The second-order valence-electron chi connectivity index (χ2n) is 3.99. The van der Waals surface area contributed by atoms with Crippen molar-refractivity contribution in [2.24, 2.45) is 16.8 Å². The molecule has 0 aliphatic carbocycles. The highest BCUT2D eigenvalue weighted by Crippen LogP contribution is 2.14. The first kappa shape index (κ1) is 14.6. The third-order valence-electron chi connectivity index (χ3n) is 2.54. The van der Waals surface area contributed by atoms with E-state index in [0.29, 0.717) is 11.4 Å². The highest BCUT2D eigenvalue weighted by Gasteiger charge is 2.09. The van der Waals surface area contributed by atoms with Crippen LogP contribution in [0.25, 0.3) is 0 Å². The Morgan fingerprint density at radius 2 is 2.11 bits per heavy atom. The fraction of sp³-hybridized carbons (Fsp3) is 0.333. The van der Waals surface area contributed by atoms with Gasteiger partial charge in [-0.25, -0.2) is 4.79 Å². The maximum Gasteiger partial charge on any atom is 0.319 e. The van der Waals surface area contributed by atoms with E-state index < -0.39 is 0 Å². The lowest BCUT2D eigenvalue weighted by Gasteiger charge is -2.12. The zero-order chi connectivity index (χ0) is 14.3. The number of anilines is 1. The first-order chi connectivity index (χ1) is 9.06. The second kappa shape index (κ2) is 7.10. The molecular weight excluding hydrogens is 248 g/mol. The molecule has 0 bridgehead atoms. The summed E-state index contributed by atoms with van der Waals surface area (Å²) < 4.78 is 5.01. The van der Waals surface area contributed by atoms with Crippen LogP contribution in [0, 0.1) is 5.92 Å². The Hall–Kier alpha value is -2.44. The molecule has 1 aromatic carbocycles. The van der Waals surface area contributed by atoms with E-state index in [2.05, 4.69) is 15.8 Å². The first-order valence-electron chi connectivity index (χ1n) is 5.73. The van der Waals surface area contributed by atoms with Gasteiger partial charge in [-0.1, -0.05) is 12.1 Å². The number of ether oxygens (including phenoxy) is 1. The summed E-state index contributed by atoms with van der Waals surface area (Å²) in [7, 11) is 1.57. The molecule has 0 spiro atoms. The monoisotopic (exact) mass is 266 g/mol. The van der Waals surface area contributed by atoms with Gasteiger partial charge in [-0.15, -0.1) is 0 Å². The van der Waals surface area contributed by atoms with E-state index in [1.165, 1.54) is 0 Å². The van der Waals surface area contributed by atoms with Crippen LogP contribution in [-0.2, 0) is 0 Å². The fourth-order valence-corrected chi connectivity index (χ4v) is 1.30. The second-order valence-corrected chi connectivity index (χ2v) is 3.99. The highest BCUT2D eigenvalue weighted by molar-refractivity contribution is 5.90. The van der Waals surface area contributed by atoms with E-state index in [1.54, 1.807) is 38.3 Å². The molecule has 104 valence electrons. The Balaban J connectivity index is 2.42. The molecule has 0 aromatic heterocycles. The predicted molar refractivity (Wildman–Crippen MR) is 72.6 cm³/mol. The lowest BCUT2D eigenvalue weighted by Crippen LogP contribution is -2.36. The Labute approximate surface area is 111 Å². The van der Waals surface area contributed by atoms with Gasteiger partial charge in [-0.2, -0.15) is 0 Å². The van der Waals surface area contributed by atoms with Crippen molar-refractivity contribution in [3.63, 3.8) is 0 Å². The zero-order valence-electron chi connectivity index (χ0n) is 10.9. The van der Waals surface area contributed by atoms with Crippen molar-refractivity contribution in [3.8, 4) is 5.75 Å². The van der Waals surface area contributed by atoms with Gasteiger partial charge in [0.15, 0.2) is 0 Å². The molecule has 0 aliphatic heterocycles. The largest absolute Gasteiger partial charge is 0.497 e. The summed E-state index contributed by atoms with van der Waals surface area (Å²) >= 11 is 0. The molecule has 0 fully saturated rings. The molecule has 0 radical (unpaired) electrons. The third-order valence-corrected chi connectivity index (χ3v) is 2.54. The van der Waals surface area contributed by atoms with Crippen LogP contribution in [0.3, 0.4) is 0 Å². The minimum atomic E-state index is -0.359. The van der Waals surface area contributed by atoms with Crippen LogP contribution in [0.4, 0.5) is 10.5 Å². The van der Waals surface area contributed by atoms with Crippen molar-refractivity contribution in [1.82, 2.24) is 5.32 Å². The van der Waals surface area contributed by atoms with Gasteiger partial charge < -0.3 is 26.3 Å². The molecule has 1 unspecified atom stereocenters. The van der Waals surface area contributed by atoms with E-state index >= 15 is 0 Å². The normalized spacial score (nSPS) is 12.6. The van der Waals surface area contributed by atoms with Gasteiger partial charge in [0.1, 0.15) is 11.6 Å². The molecule has 0 heterocycles. The number of amidine groups is 1. The number of oxime groups is 1. The summed E-state index contributed by atoms with van der Waals surface area (Å²) in [6.07, 6.45) is 0. The summed E-state index contributed by atoms with van der Waals surface area (Å²) in [5.74, 6) is 0.544. The van der Waals surface area contributed by atoms with Gasteiger partial charge in [-0.3, -0.25) is 0 Å². The topological polar surface area (TPSA) is 109 Å². The third kappa shape index (κ3) is 4.74. The van der Waals surface area contributed by atoms with Crippen LogP contribution in [-0.4, -0.2) is 30.7 Å². The molecule has 0 saturated heterocycles. The van der Waals surface area contributed by atoms with Crippen molar-refractivity contribution in [1.29, 1.82) is 0 Å². The predicted octanol–water partition coefficient (Wildman–Crippen LogP) is 1.20. The van der Waals surface area contributed by atoms with Gasteiger partial charge in [0, 0.05) is 18.2 Å². The van der Waals surface area contributed by atoms with Crippen molar-refractivity contribution < 1.29 is 14.7 Å². The maximum atomic E-state index is 11.6. The van der Waals surface area contributed by atoms with Crippen LogP contribution in [0.2, 0.25) is 0 Å². The Bertz CT molecular complexity index is 445. The van der Waals surface area contributed by atoms with E-state index in [1.807, 2.05) is 0 Å². The summed E-state index contributed by atoms with van der Waals surface area (Å²) in [6, 6.07) is 6.59. The number of urea groups is 1. The fourth-order valence-electron chi connectivity index (χ4n) is 1.30. The summed E-state index contributed by atoms with van der Waals surface area (Å²) in [4.78, 5) is 11.6. The number of nitrogens with zero attached hydrogens (tertiary/aromatic N) is 1. The van der Waals surface area contributed by atoms with Gasteiger partial charge in [0.25, 0.3) is 0 Å². The number of nitrogens with two attached hydrogens (primary N) is 1. The number of hydrogen-bond donors (Lipinski definition) is 4. The summed E-state index contributed by atoms with van der Waals surface area (Å²) in [5, 5.41) is 16.6. The summed E-state index contributed by atoms with van der Waals surface area (Å²) in [6.45, 7) is 2.01. The molecule has 19 heavy (non-hydrogen) atoms. The number of benzene rings is 1. The quantitative estimate of drug-likeness (QED) is 0.278. The number of hydrogen-bond acceptors (Lipinski definition) is 4. The average molecular weight is 266 g/mol. The van der Waals surface area contributed by atoms with Gasteiger partial charge in [-0.05, 0) is 24.3 Å². The standard InChI is InChI=1S/C12H18N4O3/c1-8(11(13)16-18)7-14-12(17)15-9-3-5-10(19-2)6-4-9/h3-6,8,18H,7H2,1-2H3,(H2,13,16)(H2,14,15,17). The van der Waals surface area contributed by atoms with Crippen molar-refractivity contribution in [2.45, 2.75) is 6.92 Å². The summed E-state index contributed by atoms with van der Waals surface area (Å²) in [5.41, 5.74) is 6.05. The van der Waals surface area contributed by atoms with Crippen LogP contribution < -0.4 is 21.1 Å². The molecule has 7 nitrogen and oxygen atoms in total. The van der Waals surface area contributed by atoms with E-state index in [4.69, 9.17) is 15.7 Å². The smallest absolute Gasteiger partial charge is 0.319 e. The molecule has 0 saturated carbocycles. The SMILES string of the molecule is COc1ccc(NC(=O)NCC(C)/C(N)=N/O)cc1. The van der Waals surface area contributed by atoms with Crippen LogP contribution in [0.15, 0.2) is 29.4 Å². The Morgan fingerprint density at radius 3 is 2.63 bits per heavy atom. The van der Waals surface area contributed by atoms with Crippen molar-refractivity contribution in [2.75, 3.05) is 19.0 Å². The average Bonchev–Trinajstić information content (AvgIpc) is 2.44.